The van der Waals surface area contributed by atoms with Gasteiger partial charge in [0, 0.05) is 4.90 Å². The van der Waals surface area contributed by atoms with Crippen LogP contribution in [-0.4, -0.2) is 16.3 Å². The van der Waals surface area contributed by atoms with Gasteiger partial charge in [-0.3, -0.25) is 4.79 Å². The molecule has 0 saturated heterocycles. The predicted molar refractivity (Wildman–Crippen MR) is 92.7 cm³/mol. The maximum Gasteiger partial charge on any atom is 0.317 e. The Morgan fingerprint density at radius 1 is 1.05 bits per heavy atom. The molecule has 0 bridgehead atoms. The van der Waals surface area contributed by atoms with Gasteiger partial charge in [-0.1, -0.05) is 55.8 Å². The first-order chi connectivity index (χ1) is 10.5. The molecular weight excluding hydrogens is 292 g/mol. The van der Waals surface area contributed by atoms with E-state index in [4.69, 9.17) is 0 Å². The summed E-state index contributed by atoms with van der Waals surface area (Å²) in [6.07, 6.45) is 0.534. The van der Waals surface area contributed by atoms with E-state index in [1.54, 1.807) is 0 Å². The van der Waals surface area contributed by atoms with E-state index in [9.17, 15) is 9.90 Å². The Balaban J connectivity index is 2.08. The molecule has 0 amide bonds. The molecule has 0 aromatic heterocycles. The zero-order chi connectivity index (χ0) is 16.1. The summed E-state index contributed by atoms with van der Waals surface area (Å²) in [4.78, 5) is 12.5. The average Bonchev–Trinajstić information content (AvgIpc) is 2.49. The minimum absolute atomic E-state index is 0.465. The summed E-state index contributed by atoms with van der Waals surface area (Å²) < 4.78 is 0. The Morgan fingerprint density at radius 2 is 1.64 bits per heavy atom. The molecule has 1 N–H and O–H groups in total. The fourth-order valence-corrected chi connectivity index (χ4v) is 3.21. The maximum atomic E-state index is 11.5. The number of rotatable bonds is 6. The third-order valence-electron chi connectivity index (χ3n) is 3.64. The van der Waals surface area contributed by atoms with Gasteiger partial charge in [-0.15, -0.1) is 11.8 Å². The average molecular weight is 314 g/mol. The number of carbonyl (C=O) groups is 1. The van der Waals surface area contributed by atoms with Crippen LogP contribution in [0.3, 0.4) is 0 Å². The summed E-state index contributed by atoms with van der Waals surface area (Å²) in [6, 6.07) is 16.3. The topological polar surface area (TPSA) is 37.3 Å². The second-order valence-electron chi connectivity index (χ2n) is 5.86. The van der Waals surface area contributed by atoms with Gasteiger partial charge in [0.15, 0.2) is 0 Å². The highest BCUT2D eigenvalue weighted by Gasteiger charge is 2.19. The summed E-state index contributed by atoms with van der Waals surface area (Å²) >= 11 is 1.41. The molecule has 0 fully saturated rings. The smallest absolute Gasteiger partial charge is 0.317 e. The van der Waals surface area contributed by atoms with Gasteiger partial charge in [0.2, 0.25) is 0 Å². The van der Waals surface area contributed by atoms with Crippen molar-refractivity contribution in [3.63, 3.8) is 0 Å². The second kappa shape index (κ2) is 7.50. The quantitative estimate of drug-likeness (QED) is 0.770. The number of aliphatic carboxylic acids is 1. The minimum Gasteiger partial charge on any atom is -0.480 e. The Hall–Kier alpha value is -1.74. The van der Waals surface area contributed by atoms with Crippen molar-refractivity contribution in [3.8, 4) is 0 Å². The molecule has 0 aliphatic carbocycles. The van der Waals surface area contributed by atoms with Crippen LogP contribution in [0.15, 0.2) is 53.4 Å². The van der Waals surface area contributed by atoms with Crippen molar-refractivity contribution in [1.29, 1.82) is 0 Å². The molecule has 2 aromatic rings. The number of hydrogen-bond donors (Lipinski definition) is 1. The summed E-state index contributed by atoms with van der Waals surface area (Å²) in [5, 5.41) is 9.01. The number of benzene rings is 2. The number of hydrogen-bond acceptors (Lipinski definition) is 2. The number of carboxylic acid groups (broad SMARTS) is 1. The maximum absolute atomic E-state index is 11.5. The van der Waals surface area contributed by atoms with Crippen molar-refractivity contribution in [1.82, 2.24) is 0 Å². The van der Waals surface area contributed by atoms with E-state index in [2.05, 4.69) is 26.0 Å². The van der Waals surface area contributed by atoms with Crippen LogP contribution >= 0.6 is 11.8 Å². The van der Waals surface area contributed by atoms with Gasteiger partial charge in [-0.25, -0.2) is 0 Å². The van der Waals surface area contributed by atoms with Crippen LogP contribution in [0.1, 0.15) is 36.5 Å². The molecular formula is C19H22O2S. The first-order valence-electron chi connectivity index (χ1n) is 7.50. The van der Waals surface area contributed by atoms with Crippen molar-refractivity contribution in [2.24, 2.45) is 0 Å². The Labute approximate surface area is 136 Å². The van der Waals surface area contributed by atoms with Gasteiger partial charge < -0.3 is 5.11 Å². The Kier molecular flexibility index (Phi) is 5.67. The Bertz CT molecular complexity index is 615. The van der Waals surface area contributed by atoms with Gasteiger partial charge in [-0.2, -0.15) is 0 Å². The number of aryl methyl sites for hydroxylation is 1. The third-order valence-corrected chi connectivity index (χ3v) is 4.84. The highest BCUT2D eigenvalue weighted by molar-refractivity contribution is 8.00. The molecule has 22 heavy (non-hydrogen) atoms. The molecule has 0 aliphatic rings. The van der Waals surface area contributed by atoms with E-state index < -0.39 is 11.2 Å². The van der Waals surface area contributed by atoms with E-state index in [0.717, 1.165) is 10.5 Å². The van der Waals surface area contributed by atoms with Gasteiger partial charge >= 0.3 is 5.97 Å². The molecule has 0 unspecified atom stereocenters. The summed E-state index contributed by atoms with van der Waals surface area (Å²) in [6.45, 7) is 6.34. The lowest BCUT2D eigenvalue weighted by Crippen LogP contribution is -2.19. The van der Waals surface area contributed by atoms with Crippen LogP contribution in [0.5, 0.6) is 0 Å². The van der Waals surface area contributed by atoms with Gasteiger partial charge in [0.25, 0.3) is 0 Å². The lowest BCUT2D eigenvalue weighted by molar-refractivity contribution is -0.136. The van der Waals surface area contributed by atoms with Crippen molar-refractivity contribution < 1.29 is 9.90 Å². The molecule has 0 spiro atoms. The van der Waals surface area contributed by atoms with E-state index in [1.165, 1.54) is 22.9 Å². The molecule has 2 aromatic carbocycles. The van der Waals surface area contributed by atoms with Crippen LogP contribution in [-0.2, 0) is 11.2 Å². The Morgan fingerprint density at radius 3 is 2.14 bits per heavy atom. The van der Waals surface area contributed by atoms with Crippen molar-refractivity contribution in [2.75, 3.05) is 0 Å². The molecule has 0 saturated carbocycles. The fraction of sp³-hybridized carbons (Fsp3) is 0.316. The van der Waals surface area contributed by atoms with Crippen LogP contribution in [0.4, 0.5) is 0 Å². The molecule has 1 atom stereocenters. The molecule has 0 heterocycles. The van der Waals surface area contributed by atoms with Gasteiger partial charge in [0.1, 0.15) is 5.25 Å². The first kappa shape index (κ1) is 16.6. The summed E-state index contributed by atoms with van der Waals surface area (Å²) in [5.74, 6) is -0.273. The zero-order valence-corrected chi connectivity index (χ0v) is 14.1. The summed E-state index contributed by atoms with van der Waals surface area (Å²) in [7, 11) is 0. The monoisotopic (exact) mass is 314 g/mol. The number of carboxylic acids is 1. The van der Waals surface area contributed by atoms with Crippen LogP contribution in [0, 0.1) is 6.92 Å². The molecule has 3 heteroatoms. The molecule has 0 aliphatic heterocycles. The highest BCUT2D eigenvalue weighted by Crippen LogP contribution is 2.27. The molecule has 116 valence electrons. The minimum atomic E-state index is -0.765. The second-order valence-corrected chi connectivity index (χ2v) is 7.13. The molecule has 0 radical (unpaired) electrons. The van der Waals surface area contributed by atoms with Crippen molar-refractivity contribution in [2.45, 2.75) is 43.3 Å². The van der Waals surface area contributed by atoms with Crippen LogP contribution in [0.25, 0.3) is 0 Å². The van der Waals surface area contributed by atoms with Gasteiger partial charge in [-0.05, 0) is 42.5 Å². The predicted octanol–water partition coefficient (Wildman–Crippen LogP) is 4.91. The standard InChI is InChI=1S/C19H22O2S/c1-13(2)16-8-6-15(7-9-16)12-18(19(20)21)22-17-10-4-14(3)5-11-17/h4-11,13,18H,12H2,1-3H3,(H,20,21)/t18-/m1/s1. The normalized spacial score (nSPS) is 12.4. The first-order valence-corrected chi connectivity index (χ1v) is 8.38. The molecule has 2 rings (SSSR count). The SMILES string of the molecule is Cc1ccc(S[C@H](Cc2ccc(C(C)C)cc2)C(=O)O)cc1. The lowest BCUT2D eigenvalue weighted by atomic mass is 10.0. The third kappa shape index (κ3) is 4.63. The van der Waals surface area contributed by atoms with E-state index in [-0.39, 0.29) is 0 Å². The van der Waals surface area contributed by atoms with Crippen molar-refractivity contribution in [3.05, 3.63) is 65.2 Å². The van der Waals surface area contributed by atoms with Crippen molar-refractivity contribution >= 4 is 17.7 Å². The molecule has 2 nitrogen and oxygen atoms in total. The summed E-state index contributed by atoms with van der Waals surface area (Å²) in [5.41, 5.74) is 3.53. The largest absolute Gasteiger partial charge is 0.480 e. The van der Waals surface area contributed by atoms with E-state index >= 15 is 0 Å². The van der Waals surface area contributed by atoms with E-state index in [0.29, 0.717) is 12.3 Å². The zero-order valence-electron chi connectivity index (χ0n) is 13.2. The highest BCUT2D eigenvalue weighted by atomic mass is 32.2. The van der Waals surface area contributed by atoms with Crippen LogP contribution in [0.2, 0.25) is 0 Å². The number of thioether (sulfide) groups is 1. The van der Waals surface area contributed by atoms with Gasteiger partial charge in [0.05, 0.1) is 0 Å². The van der Waals surface area contributed by atoms with Crippen LogP contribution < -0.4 is 0 Å². The fourth-order valence-electron chi connectivity index (χ4n) is 2.21. The van der Waals surface area contributed by atoms with E-state index in [1.807, 2.05) is 43.3 Å². The lowest BCUT2D eigenvalue weighted by Gasteiger charge is -2.13.